The number of amides is 2. The molecule has 1 rings (SSSR count). The van der Waals surface area contributed by atoms with Crippen molar-refractivity contribution in [1.29, 1.82) is 0 Å². The third-order valence-electron chi connectivity index (χ3n) is 2.69. The quantitative estimate of drug-likeness (QED) is 0.819. The minimum Gasteiger partial charge on any atom is -0.370 e. The van der Waals surface area contributed by atoms with Gasteiger partial charge in [-0.25, -0.2) is 4.39 Å². The Bertz CT molecular complexity index is 543. The lowest BCUT2D eigenvalue weighted by molar-refractivity contribution is -0.137. The first kappa shape index (κ1) is 16.9. The van der Waals surface area contributed by atoms with Gasteiger partial charge in [-0.05, 0) is 31.5 Å². The fourth-order valence-electron chi connectivity index (χ4n) is 1.62. The molecule has 0 heterocycles. The molecule has 21 heavy (non-hydrogen) atoms. The molecule has 2 amide bonds. The van der Waals surface area contributed by atoms with Gasteiger partial charge in [0.2, 0.25) is 5.91 Å². The summed E-state index contributed by atoms with van der Waals surface area (Å²) in [5.74, 6) is -2.56. The van der Waals surface area contributed by atoms with Crippen LogP contribution in [0.4, 0.5) is 17.6 Å². The second-order valence-corrected chi connectivity index (χ2v) is 4.61. The van der Waals surface area contributed by atoms with Gasteiger partial charge in [0.05, 0.1) is 5.56 Å². The first-order chi connectivity index (χ1) is 9.59. The van der Waals surface area contributed by atoms with Crippen LogP contribution in [0.3, 0.4) is 0 Å². The van der Waals surface area contributed by atoms with Crippen molar-refractivity contribution in [2.75, 3.05) is 0 Å². The third kappa shape index (κ3) is 5.41. The summed E-state index contributed by atoms with van der Waals surface area (Å²) in [7, 11) is 0. The number of nitrogens with one attached hydrogen (secondary N) is 1. The highest BCUT2D eigenvalue weighted by atomic mass is 19.4. The van der Waals surface area contributed by atoms with Gasteiger partial charge in [-0.15, -0.1) is 0 Å². The summed E-state index contributed by atoms with van der Waals surface area (Å²) in [6.45, 7) is 1.56. The highest BCUT2D eigenvalue weighted by Crippen LogP contribution is 2.30. The van der Waals surface area contributed by atoms with Crippen LogP contribution in [-0.2, 0) is 11.0 Å². The van der Waals surface area contributed by atoms with Crippen molar-refractivity contribution in [3.8, 4) is 0 Å². The molecule has 1 atom stereocenters. The van der Waals surface area contributed by atoms with Crippen LogP contribution in [0.2, 0.25) is 0 Å². The second-order valence-electron chi connectivity index (χ2n) is 4.61. The van der Waals surface area contributed by atoms with Gasteiger partial charge >= 0.3 is 6.18 Å². The zero-order valence-corrected chi connectivity index (χ0v) is 11.1. The fraction of sp³-hybridized carbons (Fsp3) is 0.385. The van der Waals surface area contributed by atoms with Gasteiger partial charge in [-0.3, -0.25) is 9.59 Å². The molecule has 1 unspecified atom stereocenters. The van der Waals surface area contributed by atoms with Crippen LogP contribution >= 0.6 is 0 Å². The normalized spacial score (nSPS) is 12.8. The Morgan fingerprint density at radius 2 is 1.90 bits per heavy atom. The Morgan fingerprint density at radius 3 is 2.43 bits per heavy atom. The number of hydrogen-bond donors (Lipinski definition) is 2. The Labute approximate surface area is 118 Å². The molecule has 0 aliphatic rings. The molecule has 0 saturated heterocycles. The number of primary amides is 1. The highest BCUT2D eigenvalue weighted by Gasteiger charge is 2.32. The maximum absolute atomic E-state index is 13.2. The fourth-order valence-corrected chi connectivity index (χ4v) is 1.62. The summed E-state index contributed by atoms with van der Waals surface area (Å²) < 4.78 is 50.8. The lowest BCUT2D eigenvalue weighted by Crippen LogP contribution is -2.33. The minimum absolute atomic E-state index is 0.0262. The van der Waals surface area contributed by atoms with Crippen molar-refractivity contribution in [2.45, 2.75) is 32.0 Å². The largest absolute Gasteiger partial charge is 0.416 e. The lowest BCUT2D eigenvalue weighted by Gasteiger charge is -2.14. The van der Waals surface area contributed by atoms with Crippen LogP contribution in [-0.4, -0.2) is 17.9 Å². The Morgan fingerprint density at radius 1 is 1.29 bits per heavy atom. The molecule has 4 nitrogen and oxygen atoms in total. The van der Waals surface area contributed by atoms with Crippen molar-refractivity contribution in [2.24, 2.45) is 5.73 Å². The number of nitrogens with two attached hydrogens (primary N) is 1. The van der Waals surface area contributed by atoms with E-state index >= 15 is 0 Å². The van der Waals surface area contributed by atoms with Gasteiger partial charge in [0.1, 0.15) is 5.82 Å². The van der Waals surface area contributed by atoms with Gasteiger partial charge in [0.15, 0.2) is 0 Å². The van der Waals surface area contributed by atoms with Crippen LogP contribution in [0.5, 0.6) is 0 Å². The number of halogens is 4. The van der Waals surface area contributed by atoms with Crippen molar-refractivity contribution >= 4 is 11.8 Å². The number of carbonyl (C=O) groups excluding carboxylic acids is 2. The Kier molecular flexibility index (Phi) is 5.28. The lowest BCUT2D eigenvalue weighted by atomic mass is 10.1. The van der Waals surface area contributed by atoms with E-state index in [0.29, 0.717) is 18.2 Å². The molecule has 8 heteroatoms. The summed E-state index contributed by atoms with van der Waals surface area (Å²) in [6, 6.07) is 1.11. The minimum atomic E-state index is -4.74. The number of rotatable bonds is 5. The standard InChI is InChI=1S/C13H14F4N2O2/c1-7(2-3-11(18)20)19-12(21)8-4-9(13(15,16)17)6-10(14)5-8/h4-7H,2-3H2,1H3,(H2,18,20)(H,19,21). The van der Waals surface area contributed by atoms with Crippen LogP contribution < -0.4 is 11.1 Å². The van der Waals surface area contributed by atoms with Gasteiger partial charge in [0, 0.05) is 18.0 Å². The van der Waals surface area contributed by atoms with E-state index < -0.39 is 41.0 Å². The molecule has 1 aromatic carbocycles. The zero-order chi connectivity index (χ0) is 16.2. The van der Waals surface area contributed by atoms with Gasteiger partial charge in [-0.2, -0.15) is 13.2 Å². The first-order valence-corrected chi connectivity index (χ1v) is 6.06. The van der Waals surface area contributed by atoms with E-state index in [4.69, 9.17) is 5.73 Å². The molecular formula is C13H14F4N2O2. The van der Waals surface area contributed by atoms with E-state index in [1.54, 1.807) is 6.92 Å². The monoisotopic (exact) mass is 306 g/mol. The molecule has 0 spiro atoms. The number of carbonyl (C=O) groups is 2. The molecule has 0 radical (unpaired) electrons. The van der Waals surface area contributed by atoms with Crippen LogP contribution in [0.25, 0.3) is 0 Å². The van der Waals surface area contributed by atoms with E-state index in [2.05, 4.69) is 5.32 Å². The molecular weight excluding hydrogens is 292 g/mol. The number of benzene rings is 1. The molecule has 0 aromatic heterocycles. The van der Waals surface area contributed by atoms with Crippen LogP contribution in [0, 0.1) is 5.82 Å². The predicted molar refractivity (Wildman–Crippen MR) is 66.8 cm³/mol. The predicted octanol–water partition coefficient (Wildman–Crippen LogP) is 2.23. The van der Waals surface area contributed by atoms with E-state index in [1.807, 2.05) is 0 Å². The smallest absolute Gasteiger partial charge is 0.370 e. The van der Waals surface area contributed by atoms with Gasteiger partial charge in [-0.1, -0.05) is 0 Å². The van der Waals surface area contributed by atoms with Crippen LogP contribution in [0.15, 0.2) is 18.2 Å². The number of hydrogen-bond acceptors (Lipinski definition) is 2. The number of alkyl halides is 3. The molecule has 1 aromatic rings. The summed E-state index contributed by atoms with van der Waals surface area (Å²) in [4.78, 5) is 22.4. The van der Waals surface area contributed by atoms with E-state index in [1.165, 1.54) is 0 Å². The summed E-state index contributed by atoms with van der Waals surface area (Å²) >= 11 is 0. The average molecular weight is 306 g/mol. The maximum Gasteiger partial charge on any atom is 0.416 e. The first-order valence-electron chi connectivity index (χ1n) is 6.06. The molecule has 0 saturated carbocycles. The third-order valence-corrected chi connectivity index (χ3v) is 2.69. The highest BCUT2D eigenvalue weighted by molar-refractivity contribution is 5.94. The molecule has 0 aliphatic heterocycles. The van der Waals surface area contributed by atoms with Crippen molar-refractivity contribution < 1.29 is 27.2 Å². The molecule has 0 aliphatic carbocycles. The summed E-state index contributed by atoms with van der Waals surface area (Å²) in [5.41, 5.74) is 3.27. The second kappa shape index (κ2) is 6.55. The average Bonchev–Trinajstić information content (AvgIpc) is 2.34. The summed E-state index contributed by atoms with van der Waals surface area (Å²) in [5, 5.41) is 2.38. The van der Waals surface area contributed by atoms with Gasteiger partial charge < -0.3 is 11.1 Å². The summed E-state index contributed by atoms with van der Waals surface area (Å²) in [6.07, 6.45) is -4.48. The maximum atomic E-state index is 13.2. The van der Waals surface area contributed by atoms with E-state index in [9.17, 15) is 27.2 Å². The van der Waals surface area contributed by atoms with Crippen LogP contribution in [0.1, 0.15) is 35.7 Å². The zero-order valence-electron chi connectivity index (χ0n) is 11.1. The molecule has 0 bridgehead atoms. The topological polar surface area (TPSA) is 72.2 Å². The van der Waals surface area contributed by atoms with E-state index in [0.717, 1.165) is 0 Å². The van der Waals surface area contributed by atoms with E-state index in [-0.39, 0.29) is 12.8 Å². The van der Waals surface area contributed by atoms with Crippen molar-refractivity contribution in [3.63, 3.8) is 0 Å². The molecule has 116 valence electrons. The SMILES string of the molecule is CC(CCC(N)=O)NC(=O)c1cc(F)cc(C(F)(F)F)c1. The Balaban J connectivity index is 2.83. The molecule has 0 fully saturated rings. The van der Waals surface area contributed by atoms with Crippen molar-refractivity contribution in [3.05, 3.63) is 35.1 Å². The Hall–Kier alpha value is -2.12. The van der Waals surface area contributed by atoms with Crippen molar-refractivity contribution in [1.82, 2.24) is 5.32 Å². The molecule has 3 N–H and O–H groups in total. The van der Waals surface area contributed by atoms with Gasteiger partial charge in [0.25, 0.3) is 5.91 Å².